The summed E-state index contributed by atoms with van der Waals surface area (Å²) in [6.45, 7) is 3.24. The number of nitrogens with one attached hydrogen (secondary N) is 1. The van der Waals surface area contributed by atoms with E-state index in [2.05, 4.69) is 34.2 Å². The van der Waals surface area contributed by atoms with Crippen LogP contribution >= 0.6 is 38.9 Å². The largest absolute Gasteiger partial charge is 0.309 e. The van der Waals surface area contributed by atoms with Gasteiger partial charge in [0.2, 0.25) is 0 Å². The van der Waals surface area contributed by atoms with Crippen LogP contribution in [-0.2, 0) is 6.54 Å². The molecule has 1 unspecified atom stereocenters. The molecule has 1 aromatic rings. The highest BCUT2D eigenvalue weighted by Crippen LogP contribution is 2.32. The van der Waals surface area contributed by atoms with Crippen LogP contribution in [0.3, 0.4) is 0 Å². The van der Waals surface area contributed by atoms with E-state index in [1.807, 2.05) is 0 Å². The fraction of sp³-hybridized carbons (Fsp3) is 0.714. The Morgan fingerprint density at radius 3 is 2.72 bits per heavy atom. The average Bonchev–Trinajstić information content (AvgIpc) is 2.71. The topological polar surface area (TPSA) is 12.0 Å². The third-order valence-corrected chi connectivity index (χ3v) is 6.37. The van der Waals surface area contributed by atoms with Crippen molar-refractivity contribution in [1.82, 2.24) is 5.32 Å². The van der Waals surface area contributed by atoms with E-state index in [4.69, 9.17) is 11.6 Å². The summed E-state index contributed by atoms with van der Waals surface area (Å²) in [5.74, 6) is 0.877. The first-order valence-electron chi connectivity index (χ1n) is 6.87. The van der Waals surface area contributed by atoms with E-state index in [1.54, 1.807) is 11.3 Å². The summed E-state index contributed by atoms with van der Waals surface area (Å²) in [5, 5.41) is 3.73. The van der Waals surface area contributed by atoms with Crippen LogP contribution in [0, 0.1) is 5.92 Å². The third-order valence-electron chi connectivity index (χ3n) is 3.89. The van der Waals surface area contributed by atoms with Crippen molar-refractivity contribution >= 4 is 38.9 Å². The van der Waals surface area contributed by atoms with Gasteiger partial charge in [-0.2, -0.15) is 0 Å². The maximum absolute atomic E-state index is 6.07. The molecule has 1 N–H and O–H groups in total. The minimum Gasteiger partial charge on any atom is -0.309 e. The van der Waals surface area contributed by atoms with Gasteiger partial charge in [-0.05, 0) is 47.2 Å². The van der Waals surface area contributed by atoms with Crippen LogP contribution in [0.4, 0.5) is 0 Å². The number of hydrogen-bond acceptors (Lipinski definition) is 2. The summed E-state index contributed by atoms with van der Waals surface area (Å²) in [4.78, 5) is 1.32. The molecule has 4 heteroatoms. The van der Waals surface area contributed by atoms with Crippen LogP contribution in [-0.4, -0.2) is 6.04 Å². The Balaban J connectivity index is 1.86. The Bertz CT molecular complexity index is 354. The quantitative estimate of drug-likeness (QED) is 0.727. The first kappa shape index (κ1) is 14.8. The standard InChI is InChI=1S/C14H21BrClNS/c1-2-13(10-6-4-3-5-7-10)17-9-11-8-12(15)14(16)18-11/h8,10,13,17H,2-7,9H2,1H3. The molecular weight excluding hydrogens is 330 g/mol. The van der Waals surface area contributed by atoms with Crippen LogP contribution in [0.2, 0.25) is 4.34 Å². The second-order valence-corrected chi connectivity index (χ2v) is 7.72. The highest BCUT2D eigenvalue weighted by Gasteiger charge is 2.21. The molecule has 1 saturated carbocycles. The van der Waals surface area contributed by atoms with Crippen molar-refractivity contribution in [3.63, 3.8) is 0 Å². The molecule has 0 aliphatic heterocycles. The van der Waals surface area contributed by atoms with Crippen LogP contribution in [0.15, 0.2) is 10.5 Å². The Labute approximate surface area is 127 Å². The van der Waals surface area contributed by atoms with E-state index in [0.717, 1.165) is 21.3 Å². The van der Waals surface area contributed by atoms with Crippen molar-refractivity contribution in [1.29, 1.82) is 0 Å². The molecule has 1 atom stereocenters. The smallest absolute Gasteiger partial charge is 0.107 e. The van der Waals surface area contributed by atoms with Crippen LogP contribution in [0.25, 0.3) is 0 Å². The summed E-state index contributed by atoms with van der Waals surface area (Å²) in [5.41, 5.74) is 0. The summed E-state index contributed by atoms with van der Waals surface area (Å²) < 4.78 is 1.88. The molecule has 0 saturated heterocycles. The molecule has 1 nitrogen and oxygen atoms in total. The predicted molar refractivity (Wildman–Crippen MR) is 84.5 cm³/mol. The Hall–Kier alpha value is 0.430. The molecule has 1 aromatic heterocycles. The lowest BCUT2D eigenvalue weighted by Gasteiger charge is -2.30. The van der Waals surface area contributed by atoms with Gasteiger partial charge in [-0.25, -0.2) is 0 Å². The van der Waals surface area contributed by atoms with Gasteiger partial charge in [0, 0.05) is 21.9 Å². The van der Waals surface area contributed by atoms with E-state index in [0.29, 0.717) is 6.04 Å². The molecule has 1 heterocycles. The minimum atomic E-state index is 0.671. The normalized spacial score (nSPS) is 19.1. The molecule has 1 aliphatic rings. The zero-order chi connectivity index (χ0) is 13.0. The predicted octanol–water partition coefficient (Wildman–Crippen LogP) is 5.61. The molecule has 0 bridgehead atoms. The minimum absolute atomic E-state index is 0.671. The van der Waals surface area contributed by atoms with Crippen LogP contribution in [0.1, 0.15) is 50.3 Å². The van der Waals surface area contributed by atoms with Crippen molar-refractivity contribution in [2.75, 3.05) is 0 Å². The SMILES string of the molecule is CCC(NCc1cc(Br)c(Cl)s1)C1CCCCC1. The van der Waals surface area contributed by atoms with Crippen LogP contribution in [0.5, 0.6) is 0 Å². The second-order valence-electron chi connectivity index (χ2n) is 5.13. The molecule has 0 spiro atoms. The van der Waals surface area contributed by atoms with Gasteiger partial charge < -0.3 is 5.32 Å². The van der Waals surface area contributed by atoms with E-state index in [-0.39, 0.29) is 0 Å². The van der Waals surface area contributed by atoms with Gasteiger partial charge in [-0.15, -0.1) is 11.3 Å². The molecule has 1 aliphatic carbocycles. The Kier molecular flexibility index (Phi) is 5.99. The van der Waals surface area contributed by atoms with E-state index in [9.17, 15) is 0 Å². The van der Waals surface area contributed by atoms with Gasteiger partial charge >= 0.3 is 0 Å². The van der Waals surface area contributed by atoms with Crippen molar-refractivity contribution in [2.24, 2.45) is 5.92 Å². The van der Waals surface area contributed by atoms with Crippen molar-refractivity contribution in [3.8, 4) is 0 Å². The molecule has 0 aromatic carbocycles. The molecule has 18 heavy (non-hydrogen) atoms. The van der Waals surface area contributed by atoms with E-state index >= 15 is 0 Å². The fourth-order valence-electron chi connectivity index (χ4n) is 2.89. The summed E-state index contributed by atoms with van der Waals surface area (Å²) in [6, 6.07) is 2.80. The molecule has 0 amide bonds. The monoisotopic (exact) mass is 349 g/mol. The fourth-order valence-corrected chi connectivity index (χ4v) is 4.63. The number of thiophene rings is 1. The van der Waals surface area contributed by atoms with Gasteiger partial charge in [0.15, 0.2) is 0 Å². The van der Waals surface area contributed by atoms with Crippen molar-refractivity contribution in [2.45, 2.75) is 58.0 Å². The van der Waals surface area contributed by atoms with Gasteiger partial charge in [0.1, 0.15) is 4.34 Å². The summed E-state index contributed by atoms with van der Waals surface area (Å²) in [7, 11) is 0. The lowest BCUT2D eigenvalue weighted by molar-refractivity contribution is 0.262. The maximum atomic E-state index is 6.07. The number of rotatable bonds is 5. The number of hydrogen-bond donors (Lipinski definition) is 1. The highest BCUT2D eigenvalue weighted by molar-refractivity contribution is 9.10. The molecule has 2 rings (SSSR count). The highest BCUT2D eigenvalue weighted by atomic mass is 79.9. The van der Waals surface area contributed by atoms with Gasteiger partial charge in [0.25, 0.3) is 0 Å². The Morgan fingerprint density at radius 1 is 1.44 bits per heavy atom. The molecular formula is C14H21BrClNS. The zero-order valence-electron chi connectivity index (χ0n) is 10.8. The second kappa shape index (κ2) is 7.28. The van der Waals surface area contributed by atoms with Crippen molar-refractivity contribution in [3.05, 3.63) is 19.8 Å². The van der Waals surface area contributed by atoms with Crippen LogP contribution < -0.4 is 5.32 Å². The first-order chi connectivity index (χ1) is 8.70. The van der Waals surface area contributed by atoms with E-state index < -0.39 is 0 Å². The maximum Gasteiger partial charge on any atom is 0.107 e. The van der Waals surface area contributed by atoms with Crippen molar-refractivity contribution < 1.29 is 0 Å². The van der Waals surface area contributed by atoms with Gasteiger partial charge in [0.05, 0.1) is 0 Å². The lowest BCUT2D eigenvalue weighted by atomic mass is 9.83. The summed E-state index contributed by atoms with van der Waals surface area (Å²) in [6.07, 6.45) is 8.30. The van der Waals surface area contributed by atoms with Gasteiger partial charge in [-0.1, -0.05) is 37.8 Å². The summed E-state index contributed by atoms with van der Waals surface area (Å²) >= 11 is 11.2. The average molecular weight is 351 g/mol. The third kappa shape index (κ3) is 3.96. The first-order valence-corrected chi connectivity index (χ1v) is 8.86. The van der Waals surface area contributed by atoms with E-state index in [1.165, 1.54) is 43.4 Å². The zero-order valence-corrected chi connectivity index (χ0v) is 14.0. The lowest BCUT2D eigenvalue weighted by Crippen LogP contribution is -2.36. The molecule has 0 radical (unpaired) electrons. The number of halogens is 2. The molecule has 102 valence electrons. The molecule has 1 fully saturated rings. The Morgan fingerprint density at radius 2 is 2.17 bits per heavy atom. The van der Waals surface area contributed by atoms with Gasteiger partial charge in [-0.3, -0.25) is 0 Å².